The van der Waals surface area contributed by atoms with Crippen molar-refractivity contribution in [2.45, 2.75) is 19.0 Å². The molecule has 0 aliphatic carbocycles. The van der Waals surface area contributed by atoms with Crippen LogP contribution in [0.2, 0.25) is 0 Å². The highest BCUT2D eigenvalue weighted by Gasteiger charge is 2.37. The zero-order chi connectivity index (χ0) is 16.4. The van der Waals surface area contributed by atoms with Crippen LogP contribution in [-0.4, -0.2) is 62.2 Å². The van der Waals surface area contributed by atoms with Crippen LogP contribution in [0.15, 0.2) is 24.3 Å². The molecule has 1 fully saturated rings. The quantitative estimate of drug-likeness (QED) is 0.821. The lowest BCUT2D eigenvalue weighted by Crippen LogP contribution is -2.57. The van der Waals surface area contributed by atoms with Gasteiger partial charge < -0.3 is 4.74 Å². The molecule has 0 aromatic heterocycles. The van der Waals surface area contributed by atoms with Crippen molar-refractivity contribution in [1.29, 1.82) is 0 Å². The fourth-order valence-electron chi connectivity index (χ4n) is 2.98. The van der Waals surface area contributed by atoms with Crippen LogP contribution < -0.4 is 5.43 Å². The zero-order valence-corrected chi connectivity index (χ0v) is 13.9. The zero-order valence-electron chi connectivity index (χ0n) is 13.1. The van der Waals surface area contributed by atoms with Crippen LogP contribution in [-0.2, 0) is 32.5 Å². The average Bonchev–Trinajstić information content (AvgIpc) is 2.53. The Morgan fingerprint density at radius 3 is 2.52 bits per heavy atom. The van der Waals surface area contributed by atoms with E-state index in [4.69, 9.17) is 4.74 Å². The number of fused-ring (bicyclic) bond motifs is 1. The van der Waals surface area contributed by atoms with E-state index in [1.807, 2.05) is 24.3 Å². The van der Waals surface area contributed by atoms with Gasteiger partial charge in [0.25, 0.3) is 5.91 Å². The van der Waals surface area contributed by atoms with Gasteiger partial charge in [-0.15, -0.1) is 0 Å². The Hall–Kier alpha value is -1.48. The fourth-order valence-corrected chi connectivity index (χ4v) is 3.98. The predicted octanol–water partition coefficient (Wildman–Crippen LogP) is -0.264. The summed E-state index contributed by atoms with van der Waals surface area (Å²) in [7, 11) is -3.47. The Labute approximate surface area is 136 Å². The van der Waals surface area contributed by atoms with Crippen LogP contribution in [0, 0.1) is 0 Å². The number of hydrogen-bond acceptors (Lipinski definition) is 5. The number of rotatable bonds is 3. The Morgan fingerprint density at radius 1 is 1.22 bits per heavy atom. The summed E-state index contributed by atoms with van der Waals surface area (Å²) in [6.07, 6.45) is 1.54. The van der Waals surface area contributed by atoms with Crippen LogP contribution in [0.4, 0.5) is 0 Å². The summed E-state index contributed by atoms with van der Waals surface area (Å²) in [5.41, 5.74) is 4.80. The van der Waals surface area contributed by atoms with Gasteiger partial charge >= 0.3 is 0 Å². The van der Waals surface area contributed by atoms with E-state index in [1.165, 1.54) is 4.31 Å². The number of carbonyl (C=O) groups excluding carboxylic acids is 1. The van der Waals surface area contributed by atoms with Gasteiger partial charge in [-0.25, -0.2) is 13.4 Å². The molecule has 23 heavy (non-hydrogen) atoms. The van der Waals surface area contributed by atoms with E-state index in [-0.39, 0.29) is 12.5 Å². The molecule has 2 aliphatic rings. The van der Waals surface area contributed by atoms with Crippen molar-refractivity contribution in [3.05, 3.63) is 35.4 Å². The normalized spacial score (nSPS) is 23.3. The molecule has 0 saturated carbocycles. The highest BCUT2D eigenvalue weighted by molar-refractivity contribution is 7.88. The molecule has 1 aromatic carbocycles. The fraction of sp³-hybridized carbons (Fsp3) is 0.533. The van der Waals surface area contributed by atoms with Crippen molar-refractivity contribution < 1.29 is 17.9 Å². The molecule has 1 N–H and O–H groups in total. The Morgan fingerprint density at radius 2 is 1.87 bits per heavy atom. The summed E-state index contributed by atoms with van der Waals surface area (Å²) in [5, 5.41) is 1.78. The summed E-state index contributed by atoms with van der Waals surface area (Å²) in [6, 6.07) is 6.93. The van der Waals surface area contributed by atoms with E-state index in [1.54, 1.807) is 5.01 Å². The van der Waals surface area contributed by atoms with Gasteiger partial charge in [-0.2, -0.15) is 4.31 Å². The summed E-state index contributed by atoms with van der Waals surface area (Å²) < 4.78 is 30.8. The minimum absolute atomic E-state index is 0.232. The SMILES string of the molecule is CS(=O)(=O)N1Cc2ccccc2CC1C(=O)NN1CCOCC1. The third kappa shape index (κ3) is 3.72. The summed E-state index contributed by atoms with van der Waals surface area (Å²) in [4.78, 5) is 12.6. The van der Waals surface area contributed by atoms with Crippen LogP contribution in [0.3, 0.4) is 0 Å². The maximum absolute atomic E-state index is 12.6. The standard InChI is InChI=1S/C15H21N3O4S/c1-23(20,21)18-11-13-5-3-2-4-12(13)10-14(18)15(19)16-17-6-8-22-9-7-17/h2-5,14H,6-11H2,1H3,(H,16,19). The second-order valence-electron chi connectivity index (χ2n) is 5.87. The van der Waals surface area contributed by atoms with Gasteiger partial charge in [0.1, 0.15) is 6.04 Å². The van der Waals surface area contributed by atoms with Crippen molar-refractivity contribution in [3.63, 3.8) is 0 Å². The monoisotopic (exact) mass is 339 g/mol. The first-order chi connectivity index (χ1) is 10.9. The topological polar surface area (TPSA) is 79.0 Å². The van der Waals surface area contributed by atoms with Crippen LogP contribution >= 0.6 is 0 Å². The van der Waals surface area contributed by atoms with E-state index in [2.05, 4.69) is 5.43 Å². The van der Waals surface area contributed by atoms with Crippen molar-refractivity contribution >= 4 is 15.9 Å². The smallest absolute Gasteiger partial charge is 0.253 e. The molecule has 1 saturated heterocycles. The van der Waals surface area contributed by atoms with Crippen LogP contribution in [0.25, 0.3) is 0 Å². The van der Waals surface area contributed by atoms with Gasteiger partial charge in [0, 0.05) is 19.6 Å². The van der Waals surface area contributed by atoms with Crippen molar-refractivity contribution in [3.8, 4) is 0 Å². The number of amides is 1. The van der Waals surface area contributed by atoms with E-state index < -0.39 is 16.1 Å². The molecular formula is C15H21N3O4S. The van der Waals surface area contributed by atoms with Gasteiger partial charge in [0.15, 0.2) is 0 Å². The molecule has 0 bridgehead atoms. The minimum Gasteiger partial charge on any atom is -0.379 e. The van der Waals surface area contributed by atoms with Crippen molar-refractivity contribution in [1.82, 2.24) is 14.7 Å². The highest BCUT2D eigenvalue weighted by atomic mass is 32.2. The van der Waals surface area contributed by atoms with Crippen LogP contribution in [0.5, 0.6) is 0 Å². The van der Waals surface area contributed by atoms with Gasteiger partial charge in [-0.3, -0.25) is 10.2 Å². The van der Waals surface area contributed by atoms with E-state index >= 15 is 0 Å². The first-order valence-corrected chi connectivity index (χ1v) is 9.47. The van der Waals surface area contributed by atoms with E-state index in [9.17, 15) is 13.2 Å². The molecule has 2 aliphatic heterocycles. The predicted molar refractivity (Wildman–Crippen MR) is 84.9 cm³/mol. The van der Waals surface area contributed by atoms with Crippen LogP contribution in [0.1, 0.15) is 11.1 Å². The Kier molecular flexibility index (Phi) is 4.67. The molecule has 3 rings (SSSR count). The van der Waals surface area contributed by atoms with Gasteiger partial charge in [0.2, 0.25) is 10.0 Å². The number of hydrogen-bond donors (Lipinski definition) is 1. The van der Waals surface area contributed by atoms with Crippen molar-refractivity contribution in [2.75, 3.05) is 32.6 Å². The van der Waals surface area contributed by atoms with E-state index in [0.717, 1.165) is 17.4 Å². The average molecular weight is 339 g/mol. The number of ether oxygens (including phenoxy) is 1. The number of sulfonamides is 1. The molecular weight excluding hydrogens is 318 g/mol. The molecule has 8 heteroatoms. The first-order valence-electron chi connectivity index (χ1n) is 7.62. The van der Waals surface area contributed by atoms with Crippen molar-refractivity contribution in [2.24, 2.45) is 0 Å². The molecule has 0 radical (unpaired) electrons. The van der Waals surface area contributed by atoms with Gasteiger partial charge in [0.05, 0.1) is 19.5 Å². The third-order valence-electron chi connectivity index (χ3n) is 4.21. The second-order valence-corrected chi connectivity index (χ2v) is 7.81. The molecule has 1 atom stereocenters. The number of nitrogens with zero attached hydrogens (tertiary/aromatic N) is 2. The summed E-state index contributed by atoms with van der Waals surface area (Å²) in [6.45, 7) is 2.56. The lowest BCUT2D eigenvalue weighted by Gasteiger charge is -2.36. The molecule has 7 nitrogen and oxygen atoms in total. The van der Waals surface area contributed by atoms with E-state index in [0.29, 0.717) is 32.7 Å². The molecule has 2 heterocycles. The Bertz CT molecular complexity index is 686. The minimum atomic E-state index is -3.47. The number of morpholine rings is 1. The maximum Gasteiger partial charge on any atom is 0.253 e. The summed E-state index contributed by atoms with van der Waals surface area (Å²) in [5.74, 6) is -0.285. The molecule has 126 valence electrons. The van der Waals surface area contributed by atoms with Gasteiger partial charge in [-0.1, -0.05) is 24.3 Å². The number of benzene rings is 1. The number of nitrogens with one attached hydrogen (secondary N) is 1. The number of hydrazine groups is 1. The second kappa shape index (κ2) is 6.56. The highest BCUT2D eigenvalue weighted by Crippen LogP contribution is 2.25. The first kappa shape index (κ1) is 16.4. The Balaban J connectivity index is 1.81. The largest absolute Gasteiger partial charge is 0.379 e. The van der Waals surface area contributed by atoms with Gasteiger partial charge in [-0.05, 0) is 17.5 Å². The lowest BCUT2D eigenvalue weighted by atomic mass is 9.95. The number of carbonyl (C=O) groups is 1. The molecule has 0 spiro atoms. The maximum atomic E-state index is 12.6. The molecule has 1 amide bonds. The summed E-state index contributed by atoms with van der Waals surface area (Å²) >= 11 is 0. The lowest BCUT2D eigenvalue weighted by molar-refractivity contribution is -0.132. The molecule has 1 unspecified atom stereocenters. The molecule has 1 aromatic rings. The third-order valence-corrected chi connectivity index (χ3v) is 5.45.